The summed E-state index contributed by atoms with van der Waals surface area (Å²) in [6.07, 6.45) is 1.19. The van der Waals surface area contributed by atoms with Gasteiger partial charge >= 0.3 is 0 Å². The van der Waals surface area contributed by atoms with Crippen LogP contribution in [0.5, 0.6) is 5.75 Å². The fourth-order valence-electron chi connectivity index (χ4n) is 4.54. The van der Waals surface area contributed by atoms with E-state index in [9.17, 15) is 13.6 Å². The monoisotopic (exact) mass is 403 g/mol. The second-order valence-electron chi connectivity index (χ2n) is 8.17. The highest BCUT2D eigenvalue weighted by Crippen LogP contribution is 2.40. The first-order valence-electron chi connectivity index (χ1n) is 9.93. The molecule has 1 aliphatic heterocycles. The largest absolute Gasteiger partial charge is 0.494 e. The minimum Gasteiger partial charge on any atom is -0.494 e. The number of Topliss-reactive ketones (excluding diaryl/α,β-unsaturated/α-hetero) is 1. The molecule has 1 fully saturated rings. The molecule has 0 spiro atoms. The summed E-state index contributed by atoms with van der Waals surface area (Å²) in [5, 5.41) is 0. The Labute approximate surface area is 168 Å². The molecule has 3 nitrogen and oxygen atoms in total. The molecule has 29 heavy (non-hydrogen) atoms. The van der Waals surface area contributed by atoms with E-state index in [-0.39, 0.29) is 23.8 Å². The normalized spacial score (nSPS) is 21.2. The summed E-state index contributed by atoms with van der Waals surface area (Å²) in [6.45, 7) is 1.70. The highest BCUT2D eigenvalue weighted by atomic mass is 19.1. The van der Waals surface area contributed by atoms with Crippen LogP contribution in [0.25, 0.3) is 0 Å². The van der Waals surface area contributed by atoms with Crippen molar-refractivity contribution in [1.29, 1.82) is 0 Å². The summed E-state index contributed by atoms with van der Waals surface area (Å²) < 4.78 is 47.7. The molecule has 1 heterocycles. The second kappa shape index (κ2) is 7.82. The molecule has 0 aromatic heterocycles. The number of likely N-dealkylation sites (tertiary alicyclic amines) is 1. The van der Waals surface area contributed by atoms with E-state index >= 15 is 4.39 Å². The first-order valence-corrected chi connectivity index (χ1v) is 9.93. The summed E-state index contributed by atoms with van der Waals surface area (Å²) in [5.41, 5.74) is 0.531. The third kappa shape index (κ3) is 4.17. The lowest BCUT2D eigenvalue weighted by molar-refractivity contribution is 0.0336. The average Bonchev–Trinajstić information content (AvgIpc) is 2.97. The predicted molar refractivity (Wildman–Crippen MR) is 104 cm³/mol. The third-order valence-corrected chi connectivity index (χ3v) is 6.14. The van der Waals surface area contributed by atoms with Gasteiger partial charge in [-0.3, -0.25) is 9.69 Å². The molecule has 4 rings (SSSR count). The molecule has 6 heteroatoms. The highest BCUT2D eigenvalue weighted by Gasteiger charge is 2.41. The minimum atomic E-state index is -1.41. The van der Waals surface area contributed by atoms with Crippen molar-refractivity contribution in [2.75, 3.05) is 20.2 Å². The maximum Gasteiger partial charge on any atom is 0.166 e. The van der Waals surface area contributed by atoms with E-state index in [0.29, 0.717) is 50.0 Å². The number of methoxy groups -OCH3 is 1. The van der Waals surface area contributed by atoms with Gasteiger partial charge in [0.2, 0.25) is 0 Å². The van der Waals surface area contributed by atoms with Crippen molar-refractivity contribution < 1.29 is 22.7 Å². The molecular weight excluding hydrogens is 379 g/mol. The van der Waals surface area contributed by atoms with Crippen LogP contribution in [-0.2, 0) is 13.0 Å². The van der Waals surface area contributed by atoms with Crippen LogP contribution in [0.3, 0.4) is 0 Å². The number of piperidine rings is 1. The van der Waals surface area contributed by atoms with E-state index in [1.54, 1.807) is 6.07 Å². The molecule has 2 aliphatic rings. The Morgan fingerprint density at radius 3 is 2.62 bits per heavy atom. The number of nitrogens with zero attached hydrogens (tertiary/aromatic N) is 1. The number of hydrogen-bond donors (Lipinski definition) is 0. The minimum absolute atomic E-state index is 0.0402. The number of alkyl halides is 1. The Balaban J connectivity index is 1.37. The Morgan fingerprint density at radius 1 is 1.17 bits per heavy atom. The van der Waals surface area contributed by atoms with Crippen LogP contribution in [-0.4, -0.2) is 36.6 Å². The maximum absolute atomic E-state index is 15.5. The number of ether oxygens (including phenoxy) is 1. The van der Waals surface area contributed by atoms with Crippen molar-refractivity contribution in [2.45, 2.75) is 37.9 Å². The van der Waals surface area contributed by atoms with Crippen molar-refractivity contribution in [2.24, 2.45) is 5.92 Å². The number of carbonyl (C=O) groups is 1. The zero-order valence-corrected chi connectivity index (χ0v) is 16.4. The molecule has 1 atom stereocenters. The molecule has 1 saturated heterocycles. The fraction of sp³-hybridized carbons (Fsp3) is 0.435. The molecule has 2 aromatic rings. The molecular formula is C23H24F3NO2. The summed E-state index contributed by atoms with van der Waals surface area (Å²) in [5.74, 6) is -1.32. The number of fused-ring (bicyclic) bond motifs is 1. The Bertz CT molecular complexity index is 922. The van der Waals surface area contributed by atoms with Gasteiger partial charge in [-0.1, -0.05) is 12.1 Å². The zero-order chi connectivity index (χ0) is 20.6. The van der Waals surface area contributed by atoms with Gasteiger partial charge in [0, 0.05) is 31.1 Å². The highest BCUT2D eigenvalue weighted by molar-refractivity contribution is 6.02. The fourth-order valence-corrected chi connectivity index (χ4v) is 4.54. The molecule has 0 bridgehead atoms. The van der Waals surface area contributed by atoms with E-state index in [4.69, 9.17) is 4.74 Å². The van der Waals surface area contributed by atoms with Crippen molar-refractivity contribution in [3.8, 4) is 5.75 Å². The van der Waals surface area contributed by atoms with Gasteiger partial charge in [-0.15, -0.1) is 0 Å². The van der Waals surface area contributed by atoms with Crippen molar-refractivity contribution in [3.05, 3.63) is 64.7 Å². The van der Waals surface area contributed by atoms with Gasteiger partial charge in [0.15, 0.2) is 17.3 Å². The van der Waals surface area contributed by atoms with Crippen LogP contribution in [0.15, 0.2) is 36.4 Å². The lowest BCUT2D eigenvalue weighted by Gasteiger charge is -2.37. The van der Waals surface area contributed by atoms with Crippen LogP contribution < -0.4 is 4.74 Å². The Kier molecular flexibility index (Phi) is 5.38. The number of rotatable bonds is 5. The van der Waals surface area contributed by atoms with Crippen LogP contribution in [0, 0.1) is 17.6 Å². The topological polar surface area (TPSA) is 29.5 Å². The maximum atomic E-state index is 15.5. The van der Waals surface area contributed by atoms with Gasteiger partial charge in [0.1, 0.15) is 11.5 Å². The van der Waals surface area contributed by atoms with Crippen LogP contribution in [0.2, 0.25) is 0 Å². The second-order valence-corrected chi connectivity index (χ2v) is 8.17. The zero-order valence-electron chi connectivity index (χ0n) is 16.4. The molecule has 0 N–H and O–H groups in total. The lowest BCUT2D eigenvalue weighted by Crippen LogP contribution is -2.42. The van der Waals surface area contributed by atoms with Gasteiger partial charge in [-0.05, 0) is 61.1 Å². The van der Waals surface area contributed by atoms with Crippen LogP contribution in [0.1, 0.15) is 40.7 Å². The van der Waals surface area contributed by atoms with Crippen molar-refractivity contribution in [1.82, 2.24) is 4.90 Å². The number of benzene rings is 2. The summed E-state index contributed by atoms with van der Waals surface area (Å²) in [7, 11) is 1.36. The number of carbonyl (C=O) groups excluding carboxylic acids is 1. The molecule has 1 unspecified atom stereocenters. The lowest BCUT2D eigenvalue weighted by atomic mass is 9.82. The molecule has 0 radical (unpaired) electrons. The summed E-state index contributed by atoms with van der Waals surface area (Å²) >= 11 is 0. The van der Waals surface area contributed by atoms with Gasteiger partial charge in [0.05, 0.1) is 7.11 Å². The van der Waals surface area contributed by atoms with E-state index in [0.717, 1.165) is 5.56 Å². The molecule has 1 aliphatic carbocycles. The van der Waals surface area contributed by atoms with Crippen LogP contribution >= 0.6 is 0 Å². The van der Waals surface area contributed by atoms with Crippen molar-refractivity contribution in [3.63, 3.8) is 0 Å². The molecule has 0 saturated carbocycles. The Morgan fingerprint density at radius 2 is 1.93 bits per heavy atom. The van der Waals surface area contributed by atoms with Gasteiger partial charge in [0.25, 0.3) is 0 Å². The first-order chi connectivity index (χ1) is 13.9. The van der Waals surface area contributed by atoms with E-state index in [1.807, 2.05) is 6.07 Å². The van der Waals surface area contributed by atoms with E-state index in [2.05, 4.69) is 4.90 Å². The predicted octanol–water partition coefficient (Wildman–Crippen LogP) is 4.72. The quantitative estimate of drug-likeness (QED) is 0.723. The van der Waals surface area contributed by atoms with E-state index < -0.39 is 17.4 Å². The van der Waals surface area contributed by atoms with Gasteiger partial charge in [-0.25, -0.2) is 13.2 Å². The molecule has 2 aromatic carbocycles. The number of hydrogen-bond acceptors (Lipinski definition) is 3. The number of halogens is 3. The van der Waals surface area contributed by atoms with Crippen LogP contribution in [0.4, 0.5) is 13.2 Å². The smallest absolute Gasteiger partial charge is 0.166 e. The van der Waals surface area contributed by atoms with Gasteiger partial charge in [-0.2, -0.15) is 0 Å². The van der Waals surface area contributed by atoms with E-state index in [1.165, 1.54) is 31.4 Å². The molecule has 154 valence electrons. The average molecular weight is 403 g/mol. The van der Waals surface area contributed by atoms with Crippen molar-refractivity contribution >= 4 is 5.78 Å². The van der Waals surface area contributed by atoms with Gasteiger partial charge < -0.3 is 4.74 Å². The number of ketones is 1. The Hall–Kier alpha value is -2.34. The summed E-state index contributed by atoms with van der Waals surface area (Å²) in [6, 6.07) is 9.21. The molecule has 0 amide bonds. The first kappa shape index (κ1) is 20.0. The SMILES string of the molecule is COc1cc2c(cc1F)CC(CC1(F)CCN(Cc3cccc(F)c3)CC1)C2=O. The summed E-state index contributed by atoms with van der Waals surface area (Å²) in [4.78, 5) is 14.8. The standard InChI is InChI=1S/C23H24F3NO2/c1-29-21-12-19-16(11-20(21)25)10-17(22(19)28)13-23(26)5-7-27(8-6-23)14-15-3-2-4-18(24)9-15/h2-4,9,11-12,17H,5-8,10,13-14H2,1H3. The third-order valence-electron chi connectivity index (χ3n) is 6.14.